The van der Waals surface area contributed by atoms with Crippen molar-refractivity contribution in [3.63, 3.8) is 0 Å². The van der Waals surface area contributed by atoms with Crippen molar-refractivity contribution < 1.29 is 4.84 Å². The fourth-order valence-electron chi connectivity index (χ4n) is 1.40. The molecule has 3 heteroatoms. The van der Waals surface area contributed by atoms with Crippen LogP contribution in [0.4, 0.5) is 0 Å². The molecule has 2 nitrogen and oxygen atoms in total. The summed E-state index contributed by atoms with van der Waals surface area (Å²) in [5.74, 6) is 0. The maximum absolute atomic E-state index is 5.29. The van der Waals surface area contributed by atoms with Crippen molar-refractivity contribution in [2.45, 2.75) is 19.4 Å². The van der Waals surface area contributed by atoms with Gasteiger partial charge in [-0.05, 0) is 13.0 Å². The van der Waals surface area contributed by atoms with Crippen molar-refractivity contribution in [2.75, 3.05) is 0 Å². The number of halogens is 1. The Bertz CT molecular complexity index is 349. The van der Waals surface area contributed by atoms with Gasteiger partial charge >= 0.3 is 0 Å². The standard InChI is InChI=1S/C10H10BrNO/c1-7-6-10(13-12-7)8-4-2-3-5-9(8)11/h2-5,10H,6H2,1H3. The van der Waals surface area contributed by atoms with Gasteiger partial charge < -0.3 is 4.84 Å². The molecule has 1 aliphatic rings. The van der Waals surface area contributed by atoms with Gasteiger partial charge in [0, 0.05) is 16.5 Å². The van der Waals surface area contributed by atoms with E-state index in [0.717, 1.165) is 16.6 Å². The van der Waals surface area contributed by atoms with Gasteiger partial charge in [-0.1, -0.05) is 39.3 Å². The van der Waals surface area contributed by atoms with E-state index in [1.165, 1.54) is 5.56 Å². The summed E-state index contributed by atoms with van der Waals surface area (Å²) in [7, 11) is 0. The second-order valence-electron chi connectivity index (χ2n) is 3.15. The molecule has 0 aliphatic carbocycles. The third-order valence-corrected chi connectivity index (χ3v) is 2.79. The smallest absolute Gasteiger partial charge is 0.158 e. The monoisotopic (exact) mass is 239 g/mol. The lowest BCUT2D eigenvalue weighted by Crippen LogP contribution is -1.98. The Hall–Kier alpha value is -0.830. The minimum atomic E-state index is 0.0931. The second-order valence-corrected chi connectivity index (χ2v) is 4.00. The van der Waals surface area contributed by atoms with Crippen LogP contribution in [0.25, 0.3) is 0 Å². The molecule has 0 saturated heterocycles. The number of hydrogen-bond acceptors (Lipinski definition) is 2. The predicted molar refractivity (Wildman–Crippen MR) is 55.7 cm³/mol. The molecule has 0 bridgehead atoms. The summed E-state index contributed by atoms with van der Waals surface area (Å²) < 4.78 is 1.09. The molecule has 0 amide bonds. The Morgan fingerprint density at radius 1 is 1.46 bits per heavy atom. The van der Waals surface area contributed by atoms with Crippen LogP contribution >= 0.6 is 15.9 Å². The molecule has 0 aromatic heterocycles. The number of oxime groups is 1. The van der Waals surface area contributed by atoms with Crippen LogP contribution in [-0.2, 0) is 4.84 Å². The van der Waals surface area contributed by atoms with Crippen LogP contribution in [-0.4, -0.2) is 5.71 Å². The maximum Gasteiger partial charge on any atom is 0.158 e. The average molecular weight is 240 g/mol. The summed E-state index contributed by atoms with van der Waals surface area (Å²) in [5.41, 5.74) is 2.23. The Morgan fingerprint density at radius 2 is 2.23 bits per heavy atom. The first-order valence-corrected chi connectivity index (χ1v) is 5.00. The van der Waals surface area contributed by atoms with E-state index < -0.39 is 0 Å². The van der Waals surface area contributed by atoms with E-state index in [1.54, 1.807) is 0 Å². The first kappa shape index (κ1) is 8.75. The SMILES string of the molecule is CC1=NOC(c2ccccc2Br)C1. The third-order valence-electron chi connectivity index (χ3n) is 2.07. The lowest BCUT2D eigenvalue weighted by molar-refractivity contribution is 0.0852. The molecule has 0 N–H and O–H groups in total. The molecule has 13 heavy (non-hydrogen) atoms. The van der Waals surface area contributed by atoms with Gasteiger partial charge in [0.2, 0.25) is 0 Å². The zero-order valence-corrected chi connectivity index (χ0v) is 8.91. The molecular weight excluding hydrogens is 230 g/mol. The van der Waals surface area contributed by atoms with Crippen molar-refractivity contribution >= 4 is 21.6 Å². The molecule has 0 fully saturated rings. The fraction of sp³-hybridized carbons (Fsp3) is 0.300. The summed E-state index contributed by atoms with van der Waals surface area (Å²) in [4.78, 5) is 5.29. The maximum atomic E-state index is 5.29. The van der Waals surface area contributed by atoms with Crippen molar-refractivity contribution in [1.82, 2.24) is 0 Å². The molecule has 0 spiro atoms. The van der Waals surface area contributed by atoms with Gasteiger partial charge in [0.25, 0.3) is 0 Å². The quantitative estimate of drug-likeness (QED) is 0.738. The lowest BCUT2D eigenvalue weighted by Gasteiger charge is -2.09. The molecular formula is C10H10BrNO. The summed E-state index contributed by atoms with van der Waals surface area (Å²) in [5, 5.41) is 3.93. The van der Waals surface area contributed by atoms with E-state index in [0.29, 0.717) is 0 Å². The van der Waals surface area contributed by atoms with Gasteiger partial charge in [-0.2, -0.15) is 0 Å². The van der Waals surface area contributed by atoms with Crippen molar-refractivity contribution in [1.29, 1.82) is 0 Å². The van der Waals surface area contributed by atoms with E-state index in [4.69, 9.17) is 4.84 Å². The largest absolute Gasteiger partial charge is 0.387 e. The molecule has 1 heterocycles. The second kappa shape index (κ2) is 3.50. The number of benzene rings is 1. The van der Waals surface area contributed by atoms with Gasteiger partial charge in [0.15, 0.2) is 6.10 Å². The van der Waals surface area contributed by atoms with Crippen molar-refractivity contribution in [2.24, 2.45) is 5.16 Å². The van der Waals surface area contributed by atoms with Crippen LogP contribution in [0, 0.1) is 0 Å². The van der Waals surface area contributed by atoms with Crippen LogP contribution in [0.2, 0.25) is 0 Å². The normalized spacial score (nSPS) is 21.1. The topological polar surface area (TPSA) is 21.6 Å². The van der Waals surface area contributed by atoms with Crippen molar-refractivity contribution in [3.05, 3.63) is 34.3 Å². The molecule has 1 aromatic rings. The highest BCUT2D eigenvalue weighted by atomic mass is 79.9. The Kier molecular flexibility index (Phi) is 2.36. The van der Waals surface area contributed by atoms with Gasteiger partial charge in [0.05, 0.1) is 5.71 Å². The summed E-state index contributed by atoms with van der Waals surface area (Å²) >= 11 is 3.50. The van der Waals surface area contributed by atoms with Crippen LogP contribution in [0.15, 0.2) is 33.9 Å². The van der Waals surface area contributed by atoms with E-state index in [-0.39, 0.29) is 6.10 Å². The highest BCUT2D eigenvalue weighted by molar-refractivity contribution is 9.10. The van der Waals surface area contributed by atoms with Gasteiger partial charge in [-0.3, -0.25) is 0 Å². The third kappa shape index (κ3) is 1.75. The van der Waals surface area contributed by atoms with Gasteiger partial charge in [-0.25, -0.2) is 0 Å². The minimum Gasteiger partial charge on any atom is -0.387 e. The fourth-order valence-corrected chi connectivity index (χ4v) is 1.94. The van der Waals surface area contributed by atoms with E-state index in [9.17, 15) is 0 Å². The van der Waals surface area contributed by atoms with Crippen LogP contribution in [0.3, 0.4) is 0 Å². The van der Waals surface area contributed by atoms with E-state index in [1.807, 2.05) is 25.1 Å². The highest BCUT2D eigenvalue weighted by Gasteiger charge is 2.21. The summed E-state index contributed by atoms with van der Waals surface area (Å²) in [6.45, 7) is 1.98. The Labute approximate surface area is 85.7 Å². The van der Waals surface area contributed by atoms with E-state index >= 15 is 0 Å². The molecule has 1 aromatic carbocycles. The van der Waals surface area contributed by atoms with E-state index in [2.05, 4.69) is 27.2 Å². The van der Waals surface area contributed by atoms with Gasteiger partial charge in [0.1, 0.15) is 0 Å². The van der Waals surface area contributed by atoms with Crippen LogP contribution in [0.5, 0.6) is 0 Å². The van der Waals surface area contributed by atoms with Crippen LogP contribution in [0.1, 0.15) is 25.0 Å². The number of nitrogens with zero attached hydrogens (tertiary/aromatic N) is 1. The first-order valence-electron chi connectivity index (χ1n) is 4.21. The Balaban J connectivity index is 2.23. The zero-order chi connectivity index (χ0) is 9.26. The van der Waals surface area contributed by atoms with Crippen LogP contribution < -0.4 is 0 Å². The van der Waals surface area contributed by atoms with Gasteiger partial charge in [-0.15, -0.1) is 0 Å². The van der Waals surface area contributed by atoms with Crippen molar-refractivity contribution in [3.8, 4) is 0 Å². The molecule has 2 rings (SSSR count). The number of rotatable bonds is 1. The minimum absolute atomic E-state index is 0.0931. The highest BCUT2D eigenvalue weighted by Crippen LogP contribution is 2.31. The lowest BCUT2D eigenvalue weighted by atomic mass is 10.1. The summed E-state index contributed by atoms with van der Waals surface area (Å²) in [6, 6.07) is 8.09. The molecule has 68 valence electrons. The average Bonchev–Trinajstić information content (AvgIpc) is 2.53. The molecule has 0 radical (unpaired) electrons. The molecule has 0 saturated carbocycles. The summed E-state index contributed by atoms with van der Waals surface area (Å²) in [6.07, 6.45) is 0.985. The molecule has 1 unspecified atom stereocenters. The predicted octanol–water partition coefficient (Wildman–Crippen LogP) is 3.29. The zero-order valence-electron chi connectivity index (χ0n) is 7.33. The molecule has 1 atom stereocenters. The first-order chi connectivity index (χ1) is 6.27. The Morgan fingerprint density at radius 3 is 2.85 bits per heavy atom. The number of hydrogen-bond donors (Lipinski definition) is 0. The molecule has 1 aliphatic heterocycles.